The highest BCUT2D eigenvalue weighted by Gasteiger charge is 2.70. The summed E-state index contributed by atoms with van der Waals surface area (Å²) in [6.07, 6.45) is -10.5. The highest BCUT2D eigenvalue weighted by atomic mass is 32.1. The van der Waals surface area contributed by atoms with Crippen molar-refractivity contribution in [3.63, 3.8) is 0 Å². The van der Waals surface area contributed by atoms with Gasteiger partial charge in [-0.2, -0.15) is 0 Å². The van der Waals surface area contributed by atoms with E-state index in [4.69, 9.17) is 28.4 Å². The van der Waals surface area contributed by atoms with Gasteiger partial charge in [-0.1, -0.05) is 66.2 Å². The molecule has 1 aromatic rings. The fraction of sp³-hybridized carbons (Fsp3) is 0.868. The van der Waals surface area contributed by atoms with E-state index in [1.54, 1.807) is 11.3 Å². The van der Waals surface area contributed by atoms with Crippen molar-refractivity contribution in [3.8, 4) is 0 Å². The molecule has 4 saturated carbocycles. The van der Waals surface area contributed by atoms with Crippen LogP contribution in [0.25, 0.3) is 0 Å². The largest absolute Gasteiger partial charge is 0.394 e. The smallest absolute Gasteiger partial charge is 0.227 e. The molecular formula is C53H83NO15S. The van der Waals surface area contributed by atoms with Crippen LogP contribution >= 0.6 is 11.3 Å². The van der Waals surface area contributed by atoms with Crippen molar-refractivity contribution in [3.05, 3.63) is 34.0 Å². The van der Waals surface area contributed by atoms with Crippen LogP contribution in [0.1, 0.15) is 131 Å². The van der Waals surface area contributed by atoms with Crippen LogP contribution in [0.4, 0.5) is 0 Å². The third-order valence-corrected chi connectivity index (χ3v) is 21.2. The fourth-order valence-electron chi connectivity index (χ4n) is 15.8. The maximum absolute atomic E-state index is 14.6. The summed E-state index contributed by atoms with van der Waals surface area (Å²) in [7, 11) is 0. The van der Waals surface area contributed by atoms with Gasteiger partial charge in [-0.25, -0.2) is 0 Å². The Kier molecular flexibility index (Phi) is 14.6. The van der Waals surface area contributed by atoms with Crippen molar-refractivity contribution >= 4 is 17.2 Å². The van der Waals surface area contributed by atoms with Gasteiger partial charge >= 0.3 is 0 Å². The van der Waals surface area contributed by atoms with Crippen LogP contribution in [0.5, 0.6) is 0 Å². The van der Waals surface area contributed by atoms with E-state index >= 15 is 0 Å². The number of thiophene rings is 1. The predicted molar refractivity (Wildman–Crippen MR) is 256 cm³/mol. The van der Waals surface area contributed by atoms with Gasteiger partial charge in [-0.15, -0.1) is 11.3 Å². The van der Waals surface area contributed by atoms with E-state index in [1.165, 1.54) is 24.3 Å². The molecule has 1 aromatic heterocycles. The molecule has 8 aliphatic rings. The molecule has 23 atom stereocenters. The number of carbonyl (C=O) groups is 1. The van der Waals surface area contributed by atoms with Gasteiger partial charge in [0.2, 0.25) is 5.91 Å². The minimum Gasteiger partial charge on any atom is -0.394 e. The van der Waals surface area contributed by atoms with Crippen LogP contribution in [0.15, 0.2) is 29.2 Å². The zero-order chi connectivity index (χ0) is 50.7. The number of amides is 1. The van der Waals surface area contributed by atoms with Crippen molar-refractivity contribution in [1.82, 2.24) is 5.32 Å². The molecule has 4 heterocycles. The second-order valence-corrected chi connectivity index (χ2v) is 25.9. The molecule has 0 unspecified atom stereocenters. The summed E-state index contributed by atoms with van der Waals surface area (Å²) in [4.78, 5) is 15.8. The van der Waals surface area contributed by atoms with E-state index in [2.05, 4.69) is 71.3 Å². The van der Waals surface area contributed by atoms with E-state index in [9.17, 15) is 45.6 Å². The van der Waals surface area contributed by atoms with Crippen molar-refractivity contribution in [2.75, 3.05) is 6.61 Å². The summed E-state index contributed by atoms with van der Waals surface area (Å²) in [5.41, 5.74) is 0.565. The highest BCUT2D eigenvalue weighted by Crippen LogP contribution is 2.76. The molecule has 0 aromatic carbocycles. The first-order chi connectivity index (χ1) is 32.8. The van der Waals surface area contributed by atoms with Gasteiger partial charge in [0.25, 0.3) is 0 Å². The molecular weight excluding hydrogens is 923 g/mol. The van der Waals surface area contributed by atoms with Crippen LogP contribution in [-0.4, -0.2) is 152 Å². The third kappa shape index (κ3) is 8.62. The van der Waals surface area contributed by atoms with Crippen LogP contribution in [0.3, 0.4) is 0 Å². The predicted octanol–water partition coefficient (Wildman–Crippen LogP) is 4.05. The number of carbonyl (C=O) groups excluding carboxylic acids is 1. The van der Waals surface area contributed by atoms with Crippen molar-refractivity contribution < 1.29 is 74.1 Å². The zero-order valence-electron chi connectivity index (χ0n) is 42.6. The number of nitrogens with one attached hydrogen (secondary N) is 1. The number of aliphatic hydroxyl groups is 8. The normalized spacial score (nSPS) is 50.9. The molecule has 7 fully saturated rings. The average molecular weight is 1010 g/mol. The number of fused-ring (bicyclic) bond motifs is 7. The van der Waals surface area contributed by atoms with Crippen LogP contribution < -0.4 is 5.32 Å². The summed E-state index contributed by atoms with van der Waals surface area (Å²) in [5.74, 6) is 0.958. The summed E-state index contributed by atoms with van der Waals surface area (Å²) in [6.45, 7) is 19.7. The second kappa shape index (κ2) is 19.2. The van der Waals surface area contributed by atoms with Crippen molar-refractivity contribution in [2.45, 2.75) is 231 Å². The quantitative estimate of drug-likeness (QED) is 0.119. The molecule has 17 heteroatoms. The minimum atomic E-state index is -1.73. The van der Waals surface area contributed by atoms with Gasteiger partial charge in [-0.3, -0.25) is 4.79 Å². The van der Waals surface area contributed by atoms with E-state index < -0.39 is 116 Å². The van der Waals surface area contributed by atoms with E-state index in [-0.39, 0.29) is 39.4 Å². The first-order valence-corrected chi connectivity index (χ1v) is 27.0. The Morgan fingerprint density at radius 3 is 1.96 bits per heavy atom. The number of hydrogen-bond acceptors (Lipinski definition) is 16. The Balaban J connectivity index is 0.974. The molecule has 396 valence electrons. The number of rotatable bonds is 10. The van der Waals surface area contributed by atoms with Gasteiger partial charge in [-0.05, 0) is 134 Å². The van der Waals surface area contributed by atoms with E-state index in [0.29, 0.717) is 18.9 Å². The number of ether oxygens (including phenoxy) is 6. The minimum absolute atomic E-state index is 0.0240. The molecule has 16 nitrogen and oxygen atoms in total. The van der Waals surface area contributed by atoms with Crippen LogP contribution in [0, 0.1) is 50.2 Å². The molecule has 0 bridgehead atoms. The zero-order valence-corrected chi connectivity index (χ0v) is 43.4. The summed E-state index contributed by atoms with van der Waals surface area (Å²) < 4.78 is 37.4. The molecule has 5 aliphatic carbocycles. The lowest BCUT2D eigenvalue weighted by molar-refractivity contribution is -0.393. The number of hydrogen-bond donors (Lipinski definition) is 9. The highest BCUT2D eigenvalue weighted by molar-refractivity contribution is 7.09. The fourth-order valence-corrected chi connectivity index (χ4v) is 16.5. The average Bonchev–Trinajstić information content (AvgIpc) is 3.84. The SMILES string of the molecule is C[C@@H]1O[C@@H](O[C@H]2[C@H](O[C@H]3CC[C@]4(C)[C@H]5CC=C6[C@@H]7CC(C)(C)CC[C@]7(C(=O)NCc7cccs7)CC[C@@]6(C)[C@]5(C)CC[C@H]4C3(C)C)O[C@H](CO)[C@@H](O[C@@H]3O[C@@H](C)[C@H](O)[C@@H](O)[C@H]3O)[C@@H]2O)[C@H](O)[C@H](O)[C@H]1O. The van der Waals surface area contributed by atoms with Gasteiger partial charge < -0.3 is 74.6 Å². The Morgan fingerprint density at radius 2 is 1.34 bits per heavy atom. The lowest BCUT2D eigenvalue weighted by atomic mass is 9.33. The second-order valence-electron chi connectivity index (χ2n) is 24.9. The molecule has 3 aliphatic heterocycles. The van der Waals surface area contributed by atoms with E-state index in [1.807, 2.05) is 6.07 Å². The van der Waals surface area contributed by atoms with Crippen LogP contribution in [-0.2, 0) is 39.8 Å². The Labute approximate surface area is 417 Å². The van der Waals surface area contributed by atoms with Gasteiger partial charge in [0.05, 0.1) is 36.9 Å². The third-order valence-electron chi connectivity index (χ3n) is 20.3. The maximum atomic E-state index is 14.6. The standard InChI is InChI=1S/C53H83NO15S/c1-26-35(56)37(58)39(60)44(64-26)68-42-31(25-55)66-46(43(41(42)62)69-45-40(61)38(59)36(57)27(2)65-45)67-34-15-16-50(7)32(49(34,5)6)14-17-52(9)33(50)13-12-29-30-23-48(3,4)18-20-53(30,21-19-51(29,52)8)47(63)54-24-28-11-10-22-70-28/h10-12,22,26-27,30-46,55-62H,13-21,23-25H2,1-9H3,(H,54,63)/t26-,27-,30-,31+,32-,33+,34-,35-,36-,37+,38+,39+,40+,41-,42+,43+,44-,45-,46-,50-,51+,52+,53-/m0/s1. The van der Waals surface area contributed by atoms with Gasteiger partial charge in [0.15, 0.2) is 18.9 Å². The lowest BCUT2D eigenvalue weighted by Gasteiger charge is -2.71. The molecule has 0 radical (unpaired) electrons. The summed E-state index contributed by atoms with van der Waals surface area (Å²) >= 11 is 1.68. The maximum Gasteiger partial charge on any atom is 0.227 e. The van der Waals surface area contributed by atoms with Crippen molar-refractivity contribution in [1.29, 1.82) is 0 Å². The Bertz CT molecular complexity index is 2060. The molecule has 9 N–H and O–H groups in total. The lowest BCUT2D eigenvalue weighted by Crippen LogP contribution is -2.68. The summed E-state index contributed by atoms with van der Waals surface area (Å²) in [5, 5.41) is 92.5. The number of allylic oxidation sites excluding steroid dienone is 2. The molecule has 9 rings (SSSR count). The number of aliphatic hydroxyl groups excluding tert-OH is 8. The monoisotopic (exact) mass is 1010 g/mol. The Morgan fingerprint density at radius 1 is 0.714 bits per heavy atom. The van der Waals surface area contributed by atoms with Gasteiger partial charge in [0, 0.05) is 4.88 Å². The molecule has 1 amide bonds. The molecule has 3 saturated heterocycles. The van der Waals surface area contributed by atoms with E-state index in [0.717, 1.165) is 57.8 Å². The Hall–Kier alpha value is -1.65. The molecule has 70 heavy (non-hydrogen) atoms. The van der Waals surface area contributed by atoms with Crippen LogP contribution in [0.2, 0.25) is 0 Å². The summed E-state index contributed by atoms with van der Waals surface area (Å²) in [6, 6.07) is 4.13. The first kappa shape index (κ1) is 53.2. The molecule has 0 spiro atoms. The van der Waals surface area contributed by atoms with Crippen molar-refractivity contribution in [2.24, 2.45) is 50.2 Å². The first-order valence-electron chi connectivity index (χ1n) is 26.1. The van der Waals surface area contributed by atoms with Gasteiger partial charge in [0.1, 0.15) is 61.0 Å². The topological polar surface area (TPSA) is 246 Å².